The Morgan fingerprint density at radius 3 is 2.76 bits per heavy atom. The van der Waals surface area contributed by atoms with Crippen molar-refractivity contribution in [3.05, 3.63) is 68.9 Å². The number of rotatable bonds is 5. The molecule has 5 nitrogen and oxygen atoms in total. The van der Waals surface area contributed by atoms with Crippen molar-refractivity contribution in [1.29, 1.82) is 0 Å². The Hall–Kier alpha value is -2.23. The molecule has 2 fully saturated rings. The van der Waals surface area contributed by atoms with E-state index in [1.165, 1.54) is 23.1 Å². The number of thioether (sulfide) groups is 1. The average Bonchev–Trinajstić information content (AvgIpc) is 3.51. The van der Waals surface area contributed by atoms with Gasteiger partial charge in [0.1, 0.15) is 14.9 Å². The van der Waals surface area contributed by atoms with Crippen LogP contribution in [-0.4, -0.2) is 40.4 Å². The zero-order valence-electron chi connectivity index (χ0n) is 17.3. The number of amides is 1. The molecule has 0 N–H and O–H groups in total. The van der Waals surface area contributed by atoms with Gasteiger partial charge in [-0.15, -0.1) is 11.3 Å². The number of fused-ring (bicyclic) bond motifs is 1. The van der Waals surface area contributed by atoms with Gasteiger partial charge >= 0.3 is 5.97 Å². The molecule has 1 amide bonds. The van der Waals surface area contributed by atoms with E-state index in [2.05, 4.69) is 0 Å². The maximum Gasteiger partial charge on any atom is 0.355 e. The van der Waals surface area contributed by atoms with Crippen LogP contribution in [0, 0.1) is 0 Å². The number of halogens is 1. The van der Waals surface area contributed by atoms with Crippen LogP contribution in [0.1, 0.15) is 28.1 Å². The second kappa shape index (κ2) is 9.56. The zero-order valence-corrected chi connectivity index (χ0v) is 20.5. The molecule has 0 aliphatic carbocycles. The SMILES string of the molecule is O=C(Oc1ccc(/C=C2/SC(=S)N(CC3CCCO3)C2=O)cc1)c1sc2ccccc2c1Cl. The molecule has 2 saturated heterocycles. The number of benzene rings is 2. The van der Waals surface area contributed by atoms with E-state index in [4.69, 9.17) is 33.3 Å². The molecular formula is C24H18ClNO4S3. The summed E-state index contributed by atoms with van der Waals surface area (Å²) in [5.41, 5.74) is 0.812. The summed E-state index contributed by atoms with van der Waals surface area (Å²) < 4.78 is 12.6. The third-order valence-electron chi connectivity index (χ3n) is 5.39. The predicted octanol–water partition coefficient (Wildman–Crippen LogP) is 6.15. The minimum Gasteiger partial charge on any atom is -0.422 e. The largest absolute Gasteiger partial charge is 0.422 e. The fourth-order valence-corrected chi connectivity index (χ4v) is 6.39. The highest BCUT2D eigenvalue weighted by molar-refractivity contribution is 8.26. The fraction of sp³-hybridized carbons (Fsp3) is 0.208. The smallest absolute Gasteiger partial charge is 0.355 e. The van der Waals surface area contributed by atoms with Crippen molar-refractivity contribution in [1.82, 2.24) is 4.90 Å². The second-order valence-electron chi connectivity index (χ2n) is 7.63. The molecule has 0 radical (unpaired) electrons. The van der Waals surface area contributed by atoms with Crippen molar-refractivity contribution in [3.8, 4) is 5.75 Å². The second-order valence-corrected chi connectivity index (χ2v) is 10.7. The lowest BCUT2D eigenvalue weighted by atomic mass is 10.2. The number of thiophene rings is 1. The summed E-state index contributed by atoms with van der Waals surface area (Å²) in [7, 11) is 0. The van der Waals surface area contributed by atoms with Crippen LogP contribution in [0.4, 0.5) is 0 Å². The monoisotopic (exact) mass is 515 g/mol. The molecule has 2 aliphatic rings. The van der Waals surface area contributed by atoms with E-state index >= 15 is 0 Å². The van der Waals surface area contributed by atoms with E-state index in [9.17, 15) is 9.59 Å². The standard InChI is InChI=1S/C24H18ClNO4S3/c25-20-17-5-1-2-6-18(17)32-21(20)23(28)30-15-9-7-14(8-10-15)12-19-22(27)26(24(31)33-19)13-16-4-3-11-29-16/h1-2,5-10,12,16H,3-4,11,13H2/b19-12+. The predicted molar refractivity (Wildman–Crippen MR) is 137 cm³/mol. The first-order valence-corrected chi connectivity index (χ1v) is 12.8. The van der Waals surface area contributed by atoms with Gasteiger partial charge in [-0.1, -0.05) is 65.9 Å². The Kier molecular flexibility index (Phi) is 6.53. The van der Waals surface area contributed by atoms with Gasteiger partial charge in [-0.2, -0.15) is 0 Å². The van der Waals surface area contributed by atoms with Crippen LogP contribution in [0.5, 0.6) is 5.75 Å². The summed E-state index contributed by atoms with van der Waals surface area (Å²) in [4.78, 5) is 28.0. The first kappa shape index (κ1) is 22.6. The van der Waals surface area contributed by atoms with E-state index in [1.807, 2.05) is 24.3 Å². The molecule has 0 saturated carbocycles. The number of carbonyl (C=O) groups excluding carboxylic acids is 2. The van der Waals surface area contributed by atoms with Gasteiger partial charge in [-0.3, -0.25) is 9.69 Å². The minimum atomic E-state index is -0.496. The van der Waals surface area contributed by atoms with E-state index in [1.54, 1.807) is 35.2 Å². The van der Waals surface area contributed by atoms with Crippen molar-refractivity contribution < 1.29 is 19.1 Å². The van der Waals surface area contributed by atoms with Crippen LogP contribution < -0.4 is 4.74 Å². The molecule has 0 bridgehead atoms. The molecular weight excluding hydrogens is 498 g/mol. The average molecular weight is 516 g/mol. The lowest BCUT2D eigenvalue weighted by Crippen LogP contribution is -2.35. The summed E-state index contributed by atoms with van der Waals surface area (Å²) in [6.07, 6.45) is 3.81. The van der Waals surface area contributed by atoms with Crippen molar-refractivity contribution >= 4 is 79.3 Å². The van der Waals surface area contributed by atoms with Crippen molar-refractivity contribution in [2.24, 2.45) is 0 Å². The Labute approximate surface area is 209 Å². The summed E-state index contributed by atoms with van der Waals surface area (Å²) in [5.74, 6) is -0.198. The number of hydrogen-bond acceptors (Lipinski definition) is 7. The van der Waals surface area contributed by atoms with Crippen molar-refractivity contribution in [3.63, 3.8) is 0 Å². The van der Waals surface area contributed by atoms with Crippen LogP contribution in [0.15, 0.2) is 53.4 Å². The lowest BCUT2D eigenvalue weighted by molar-refractivity contribution is -0.123. The summed E-state index contributed by atoms with van der Waals surface area (Å²) in [6, 6.07) is 14.5. The number of esters is 1. The summed E-state index contributed by atoms with van der Waals surface area (Å²) >= 11 is 14.4. The van der Waals surface area contributed by atoms with Gasteiger partial charge in [0.2, 0.25) is 0 Å². The molecule has 1 aromatic heterocycles. The number of hydrogen-bond donors (Lipinski definition) is 0. The van der Waals surface area contributed by atoms with Crippen LogP contribution in [-0.2, 0) is 9.53 Å². The molecule has 3 aromatic rings. The van der Waals surface area contributed by atoms with E-state index < -0.39 is 5.97 Å². The third-order valence-corrected chi connectivity index (χ3v) is 8.43. The normalized spacial score (nSPS) is 19.7. The Morgan fingerprint density at radius 2 is 2.03 bits per heavy atom. The van der Waals surface area contributed by atoms with Gasteiger partial charge in [0.15, 0.2) is 0 Å². The Morgan fingerprint density at radius 1 is 1.24 bits per heavy atom. The van der Waals surface area contributed by atoms with E-state index in [0.717, 1.165) is 35.1 Å². The maximum atomic E-state index is 12.8. The quantitative estimate of drug-likeness (QED) is 0.176. The lowest BCUT2D eigenvalue weighted by Gasteiger charge is -2.18. The molecule has 33 heavy (non-hydrogen) atoms. The summed E-state index contributed by atoms with van der Waals surface area (Å²) in [5, 5.41) is 1.24. The molecule has 168 valence electrons. The van der Waals surface area contributed by atoms with Gasteiger partial charge < -0.3 is 9.47 Å². The number of ether oxygens (including phenoxy) is 2. The van der Waals surface area contributed by atoms with Crippen LogP contribution in [0.2, 0.25) is 5.02 Å². The molecule has 2 aliphatic heterocycles. The molecule has 3 heterocycles. The highest BCUT2D eigenvalue weighted by Gasteiger charge is 2.34. The maximum absolute atomic E-state index is 12.8. The highest BCUT2D eigenvalue weighted by atomic mass is 35.5. The zero-order chi connectivity index (χ0) is 22.9. The van der Waals surface area contributed by atoms with Crippen molar-refractivity contribution in [2.45, 2.75) is 18.9 Å². The molecule has 1 atom stereocenters. The Bertz CT molecular complexity index is 1280. The first-order chi connectivity index (χ1) is 16.0. The Balaban J connectivity index is 1.27. The van der Waals surface area contributed by atoms with Crippen molar-refractivity contribution in [2.75, 3.05) is 13.2 Å². The van der Waals surface area contributed by atoms with Gasteiger partial charge in [-0.25, -0.2) is 4.79 Å². The van der Waals surface area contributed by atoms with E-state index in [0.29, 0.717) is 31.4 Å². The summed E-state index contributed by atoms with van der Waals surface area (Å²) in [6.45, 7) is 1.23. The van der Waals surface area contributed by atoms with Gasteiger partial charge in [0, 0.05) is 16.7 Å². The van der Waals surface area contributed by atoms with Gasteiger partial charge in [0.05, 0.1) is 22.6 Å². The molecule has 1 unspecified atom stereocenters. The van der Waals surface area contributed by atoms with Crippen LogP contribution in [0.25, 0.3) is 16.2 Å². The van der Waals surface area contributed by atoms with Crippen LogP contribution >= 0.6 is 46.9 Å². The topological polar surface area (TPSA) is 55.8 Å². The van der Waals surface area contributed by atoms with E-state index in [-0.39, 0.29) is 12.0 Å². The van der Waals surface area contributed by atoms with Crippen LogP contribution in [0.3, 0.4) is 0 Å². The van der Waals surface area contributed by atoms with Gasteiger partial charge in [-0.05, 0) is 42.7 Å². The number of carbonyl (C=O) groups is 2. The molecule has 9 heteroatoms. The third kappa shape index (κ3) is 4.72. The number of thiocarbonyl (C=S) groups is 1. The fourth-order valence-electron chi connectivity index (χ4n) is 3.73. The minimum absolute atomic E-state index is 0.0512. The first-order valence-electron chi connectivity index (χ1n) is 10.4. The molecule has 0 spiro atoms. The number of nitrogens with zero attached hydrogens (tertiary/aromatic N) is 1. The van der Waals surface area contributed by atoms with Gasteiger partial charge in [0.25, 0.3) is 5.91 Å². The highest BCUT2D eigenvalue weighted by Crippen LogP contribution is 2.36. The molecule has 5 rings (SSSR count). The molecule has 2 aromatic carbocycles.